The van der Waals surface area contributed by atoms with Gasteiger partial charge in [0.2, 0.25) is 0 Å². The van der Waals surface area contributed by atoms with E-state index in [0.717, 1.165) is 39.0 Å². The molecule has 1 aliphatic heterocycles. The molecular weight excluding hydrogens is 264 g/mol. The number of nitrogens with one attached hydrogen (secondary N) is 1. The Hall–Kier alpha value is -1.75. The third-order valence-corrected chi connectivity index (χ3v) is 3.86. The van der Waals surface area contributed by atoms with Gasteiger partial charge in [-0.3, -0.25) is 9.69 Å². The first-order valence-corrected chi connectivity index (χ1v) is 7.56. The standard InChI is InChI=1S/C16H24N4O/c1-13(2)4-8-20-9-5-14(6-10-20)11-17-16(21)15-3-7-18-19-12-15/h3-4,7,12,14H,5-6,8-11H2,1-2H3,(H,17,21). The molecule has 0 bridgehead atoms. The maximum absolute atomic E-state index is 11.9. The van der Waals surface area contributed by atoms with E-state index in [1.165, 1.54) is 18.0 Å². The molecule has 0 unspecified atom stereocenters. The largest absolute Gasteiger partial charge is 0.352 e. The number of allylic oxidation sites excluding steroid dienone is 1. The summed E-state index contributed by atoms with van der Waals surface area (Å²) in [5, 5.41) is 10.4. The summed E-state index contributed by atoms with van der Waals surface area (Å²) < 4.78 is 0. The van der Waals surface area contributed by atoms with Crippen molar-refractivity contribution in [2.45, 2.75) is 26.7 Å². The molecule has 5 heteroatoms. The molecule has 0 aromatic carbocycles. The van der Waals surface area contributed by atoms with Crippen molar-refractivity contribution < 1.29 is 4.79 Å². The van der Waals surface area contributed by atoms with Crippen LogP contribution in [0.15, 0.2) is 30.1 Å². The Balaban J connectivity index is 1.69. The minimum atomic E-state index is -0.0585. The average Bonchev–Trinajstić information content (AvgIpc) is 2.52. The first-order chi connectivity index (χ1) is 10.1. The zero-order valence-corrected chi connectivity index (χ0v) is 12.9. The van der Waals surface area contributed by atoms with Crippen LogP contribution in [0.25, 0.3) is 0 Å². The van der Waals surface area contributed by atoms with Gasteiger partial charge in [0.1, 0.15) is 0 Å². The third kappa shape index (κ3) is 5.27. The first-order valence-electron chi connectivity index (χ1n) is 7.56. The van der Waals surface area contributed by atoms with E-state index in [4.69, 9.17) is 0 Å². The predicted molar refractivity (Wildman–Crippen MR) is 83.0 cm³/mol. The molecule has 0 radical (unpaired) electrons. The molecular formula is C16H24N4O. The van der Waals surface area contributed by atoms with Gasteiger partial charge in [-0.05, 0) is 51.8 Å². The molecule has 1 amide bonds. The van der Waals surface area contributed by atoms with Crippen molar-refractivity contribution in [3.8, 4) is 0 Å². The van der Waals surface area contributed by atoms with Gasteiger partial charge in [-0.1, -0.05) is 11.6 Å². The minimum Gasteiger partial charge on any atom is -0.352 e. The van der Waals surface area contributed by atoms with Gasteiger partial charge in [0.05, 0.1) is 18.0 Å². The molecule has 1 fully saturated rings. The van der Waals surface area contributed by atoms with Crippen LogP contribution in [0.3, 0.4) is 0 Å². The molecule has 114 valence electrons. The lowest BCUT2D eigenvalue weighted by molar-refractivity contribution is 0.0937. The summed E-state index contributed by atoms with van der Waals surface area (Å²) in [7, 11) is 0. The summed E-state index contributed by atoms with van der Waals surface area (Å²) in [6.45, 7) is 8.29. The molecule has 2 rings (SSSR count). The van der Waals surface area contributed by atoms with Gasteiger partial charge in [0.15, 0.2) is 0 Å². The normalized spacial score (nSPS) is 16.5. The fourth-order valence-electron chi connectivity index (χ4n) is 2.45. The Morgan fingerprint density at radius 2 is 2.14 bits per heavy atom. The maximum atomic E-state index is 11.9. The number of aromatic nitrogens is 2. The SMILES string of the molecule is CC(C)=CCN1CCC(CNC(=O)c2ccnnc2)CC1. The van der Waals surface area contributed by atoms with E-state index in [-0.39, 0.29) is 5.91 Å². The molecule has 0 saturated carbocycles. The third-order valence-electron chi connectivity index (χ3n) is 3.86. The number of hydrogen-bond acceptors (Lipinski definition) is 4. The first kappa shape index (κ1) is 15.6. The van der Waals surface area contributed by atoms with E-state index < -0.39 is 0 Å². The van der Waals surface area contributed by atoms with E-state index in [1.54, 1.807) is 6.07 Å². The van der Waals surface area contributed by atoms with E-state index >= 15 is 0 Å². The molecule has 2 heterocycles. The monoisotopic (exact) mass is 288 g/mol. The average molecular weight is 288 g/mol. The van der Waals surface area contributed by atoms with Crippen LogP contribution in [0.2, 0.25) is 0 Å². The van der Waals surface area contributed by atoms with Crippen LogP contribution in [0, 0.1) is 5.92 Å². The summed E-state index contributed by atoms with van der Waals surface area (Å²) in [6.07, 6.45) is 7.60. The van der Waals surface area contributed by atoms with Crippen LogP contribution >= 0.6 is 0 Å². The van der Waals surface area contributed by atoms with Crippen molar-refractivity contribution in [3.63, 3.8) is 0 Å². The predicted octanol–water partition coefficient (Wildman–Crippen LogP) is 1.88. The summed E-state index contributed by atoms with van der Waals surface area (Å²) >= 11 is 0. The van der Waals surface area contributed by atoms with Crippen molar-refractivity contribution in [3.05, 3.63) is 35.7 Å². The van der Waals surface area contributed by atoms with E-state index in [2.05, 4.69) is 40.3 Å². The van der Waals surface area contributed by atoms with Crippen LogP contribution in [0.5, 0.6) is 0 Å². The molecule has 5 nitrogen and oxygen atoms in total. The lowest BCUT2D eigenvalue weighted by Crippen LogP contribution is -2.38. The highest BCUT2D eigenvalue weighted by Gasteiger charge is 2.19. The number of nitrogens with zero attached hydrogens (tertiary/aromatic N) is 3. The number of likely N-dealkylation sites (tertiary alicyclic amines) is 1. The van der Waals surface area contributed by atoms with Crippen LogP contribution in [0.4, 0.5) is 0 Å². The molecule has 1 aromatic rings. The zero-order chi connectivity index (χ0) is 15.1. The van der Waals surface area contributed by atoms with Gasteiger partial charge in [-0.2, -0.15) is 10.2 Å². The van der Waals surface area contributed by atoms with Gasteiger partial charge in [-0.25, -0.2) is 0 Å². The van der Waals surface area contributed by atoms with Gasteiger partial charge in [-0.15, -0.1) is 0 Å². The highest BCUT2D eigenvalue weighted by Crippen LogP contribution is 2.16. The number of carbonyl (C=O) groups is 1. The van der Waals surface area contributed by atoms with Gasteiger partial charge >= 0.3 is 0 Å². The minimum absolute atomic E-state index is 0.0585. The topological polar surface area (TPSA) is 58.1 Å². The quantitative estimate of drug-likeness (QED) is 0.841. The molecule has 1 aliphatic rings. The Morgan fingerprint density at radius 1 is 1.38 bits per heavy atom. The number of rotatable bonds is 5. The Kier molecular flexibility index (Phi) is 5.87. The van der Waals surface area contributed by atoms with E-state index in [9.17, 15) is 4.79 Å². The molecule has 0 aliphatic carbocycles. The summed E-state index contributed by atoms with van der Waals surface area (Å²) in [5.74, 6) is 0.517. The van der Waals surface area contributed by atoms with E-state index in [0.29, 0.717) is 11.5 Å². The fraction of sp³-hybridized carbons (Fsp3) is 0.562. The molecule has 21 heavy (non-hydrogen) atoms. The second-order valence-corrected chi connectivity index (χ2v) is 5.87. The highest BCUT2D eigenvalue weighted by molar-refractivity contribution is 5.93. The van der Waals surface area contributed by atoms with Gasteiger partial charge in [0.25, 0.3) is 5.91 Å². The Morgan fingerprint density at radius 3 is 2.76 bits per heavy atom. The van der Waals surface area contributed by atoms with Crippen LogP contribution in [0.1, 0.15) is 37.0 Å². The fourth-order valence-corrected chi connectivity index (χ4v) is 2.45. The molecule has 1 aromatic heterocycles. The van der Waals surface area contributed by atoms with Crippen molar-refractivity contribution in [1.82, 2.24) is 20.4 Å². The van der Waals surface area contributed by atoms with Crippen molar-refractivity contribution >= 4 is 5.91 Å². The molecule has 0 atom stereocenters. The van der Waals surface area contributed by atoms with Crippen LogP contribution < -0.4 is 5.32 Å². The maximum Gasteiger partial charge on any atom is 0.252 e. The lowest BCUT2D eigenvalue weighted by atomic mass is 9.96. The number of carbonyl (C=O) groups excluding carboxylic acids is 1. The summed E-state index contributed by atoms with van der Waals surface area (Å²) in [6, 6.07) is 1.68. The van der Waals surface area contributed by atoms with E-state index in [1.807, 2.05) is 0 Å². The van der Waals surface area contributed by atoms with Gasteiger partial charge in [0, 0.05) is 13.1 Å². The summed E-state index contributed by atoms with van der Waals surface area (Å²) in [4.78, 5) is 14.4. The van der Waals surface area contributed by atoms with Crippen molar-refractivity contribution in [1.29, 1.82) is 0 Å². The van der Waals surface area contributed by atoms with Crippen molar-refractivity contribution in [2.24, 2.45) is 5.92 Å². The molecule has 1 saturated heterocycles. The number of hydrogen-bond donors (Lipinski definition) is 1. The Labute approximate surface area is 126 Å². The smallest absolute Gasteiger partial charge is 0.252 e. The second-order valence-electron chi connectivity index (χ2n) is 5.87. The number of amides is 1. The summed E-state index contributed by atoms with van der Waals surface area (Å²) in [5.41, 5.74) is 1.95. The zero-order valence-electron chi connectivity index (χ0n) is 12.9. The van der Waals surface area contributed by atoms with Gasteiger partial charge < -0.3 is 5.32 Å². The molecule has 0 spiro atoms. The number of piperidine rings is 1. The molecule has 1 N–H and O–H groups in total. The van der Waals surface area contributed by atoms with Crippen molar-refractivity contribution in [2.75, 3.05) is 26.2 Å². The lowest BCUT2D eigenvalue weighted by Gasteiger charge is -2.31. The van der Waals surface area contributed by atoms with Crippen LogP contribution in [-0.4, -0.2) is 47.2 Å². The second kappa shape index (κ2) is 7.88. The van der Waals surface area contributed by atoms with Crippen LogP contribution in [-0.2, 0) is 0 Å². The highest BCUT2D eigenvalue weighted by atomic mass is 16.1. The Bertz CT molecular complexity index is 474.